The van der Waals surface area contributed by atoms with E-state index < -0.39 is 22.0 Å². The van der Waals surface area contributed by atoms with Gasteiger partial charge in [-0.25, -0.2) is 8.42 Å². The number of sulfonamides is 1. The van der Waals surface area contributed by atoms with E-state index in [-0.39, 0.29) is 6.54 Å². The van der Waals surface area contributed by atoms with Crippen LogP contribution in [-0.2, 0) is 21.4 Å². The highest BCUT2D eigenvalue weighted by molar-refractivity contribution is 7.92. The van der Waals surface area contributed by atoms with Crippen molar-refractivity contribution >= 4 is 33.2 Å². The molecular weight excluding hydrogens is 376 g/mol. The fraction of sp³-hybridized carbons (Fsp3) is 0.278. The van der Waals surface area contributed by atoms with Crippen LogP contribution >= 0.6 is 11.6 Å². The maximum absolute atomic E-state index is 12.5. The Kier molecular flexibility index (Phi) is 6.50. The number of carbonyl (C=O) groups excluding carboxylic acids is 1. The third-order valence-electron chi connectivity index (χ3n) is 3.80. The smallest absolute Gasteiger partial charge is 0.243 e. The molecule has 26 heavy (non-hydrogen) atoms. The molecule has 8 heteroatoms. The summed E-state index contributed by atoms with van der Waals surface area (Å²) in [4.78, 5) is 12.5. The second-order valence-electron chi connectivity index (χ2n) is 5.78. The molecule has 1 unspecified atom stereocenters. The van der Waals surface area contributed by atoms with Crippen molar-refractivity contribution in [1.29, 1.82) is 0 Å². The molecule has 0 spiro atoms. The van der Waals surface area contributed by atoms with Crippen molar-refractivity contribution in [2.24, 2.45) is 0 Å². The average molecular weight is 397 g/mol. The van der Waals surface area contributed by atoms with Crippen LogP contribution < -0.4 is 14.4 Å². The molecule has 2 aromatic carbocycles. The second-order valence-corrected chi connectivity index (χ2v) is 8.07. The zero-order valence-corrected chi connectivity index (χ0v) is 16.3. The van der Waals surface area contributed by atoms with Crippen LogP contribution in [-0.4, -0.2) is 33.7 Å². The molecule has 0 aliphatic heterocycles. The van der Waals surface area contributed by atoms with Crippen LogP contribution in [0.5, 0.6) is 5.75 Å². The van der Waals surface area contributed by atoms with Gasteiger partial charge in [-0.05, 0) is 48.9 Å². The Morgan fingerprint density at radius 3 is 2.23 bits per heavy atom. The van der Waals surface area contributed by atoms with Crippen molar-refractivity contribution in [2.75, 3.05) is 17.7 Å². The van der Waals surface area contributed by atoms with Gasteiger partial charge in [0.05, 0.1) is 19.1 Å². The van der Waals surface area contributed by atoms with Crippen LogP contribution in [0.25, 0.3) is 0 Å². The van der Waals surface area contributed by atoms with Gasteiger partial charge in [-0.3, -0.25) is 9.10 Å². The fourth-order valence-corrected chi connectivity index (χ4v) is 3.78. The first-order valence-electron chi connectivity index (χ1n) is 7.88. The van der Waals surface area contributed by atoms with Crippen LogP contribution in [0.2, 0.25) is 5.02 Å². The largest absolute Gasteiger partial charge is 0.497 e. The van der Waals surface area contributed by atoms with Gasteiger partial charge in [0.15, 0.2) is 0 Å². The number of methoxy groups -OCH3 is 1. The Labute approximate surface area is 158 Å². The summed E-state index contributed by atoms with van der Waals surface area (Å²) in [5.74, 6) is 0.320. The number of benzene rings is 2. The second kappa shape index (κ2) is 8.42. The zero-order chi connectivity index (χ0) is 19.3. The molecule has 140 valence electrons. The Hall–Kier alpha value is -2.25. The molecule has 0 saturated carbocycles. The van der Waals surface area contributed by atoms with E-state index in [9.17, 15) is 13.2 Å². The summed E-state index contributed by atoms with van der Waals surface area (Å²) in [7, 11) is -2.08. The molecular formula is C18H21ClN2O4S. The molecule has 1 atom stereocenters. The Morgan fingerprint density at radius 1 is 1.15 bits per heavy atom. The number of rotatable bonds is 7. The van der Waals surface area contributed by atoms with Crippen molar-refractivity contribution in [3.8, 4) is 5.75 Å². The molecule has 1 amide bonds. The van der Waals surface area contributed by atoms with Crippen LogP contribution in [0.1, 0.15) is 12.5 Å². The molecule has 0 aliphatic carbocycles. The molecule has 0 saturated heterocycles. The number of hydrogen-bond donors (Lipinski definition) is 1. The maximum atomic E-state index is 12.5. The first-order valence-corrected chi connectivity index (χ1v) is 10.1. The predicted octanol–water partition coefficient (Wildman–Crippen LogP) is 2.82. The van der Waals surface area contributed by atoms with Crippen molar-refractivity contribution in [3.63, 3.8) is 0 Å². The van der Waals surface area contributed by atoms with Gasteiger partial charge in [0.2, 0.25) is 15.9 Å². The molecule has 0 fully saturated rings. The Morgan fingerprint density at radius 2 is 1.73 bits per heavy atom. The van der Waals surface area contributed by atoms with E-state index in [1.165, 1.54) is 0 Å². The third kappa shape index (κ3) is 5.12. The summed E-state index contributed by atoms with van der Waals surface area (Å²) in [5, 5.41) is 3.24. The van der Waals surface area contributed by atoms with Crippen LogP contribution in [0.15, 0.2) is 48.5 Å². The number of halogens is 1. The predicted molar refractivity (Wildman–Crippen MR) is 103 cm³/mol. The van der Waals surface area contributed by atoms with Crippen molar-refractivity contribution in [1.82, 2.24) is 5.32 Å². The highest BCUT2D eigenvalue weighted by Gasteiger charge is 2.28. The zero-order valence-electron chi connectivity index (χ0n) is 14.8. The van der Waals surface area contributed by atoms with Crippen LogP contribution in [0.4, 0.5) is 5.69 Å². The quantitative estimate of drug-likeness (QED) is 0.780. The molecule has 0 radical (unpaired) electrons. The highest BCUT2D eigenvalue weighted by atomic mass is 35.5. The summed E-state index contributed by atoms with van der Waals surface area (Å²) < 4.78 is 30.6. The molecule has 0 bridgehead atoms. The van der Waals surface area contributed by atoms with Gasteiger partial charge < -0.3 is 10.1 Å². The average Bonchev–Trinajstić information content (AvgIpc) is 2.60. The van der Waals surface area contributed by atoms with Gasteiger partial charge in [0, 0.05) is 11.6 Å². The van der Waals surface area contributed by atoms with E-state index >= 15 is 0 Å². The Balaban J connectivity index is 2.12. The third-order valence-corrected chi connectivity index (χ3v) is 5.29. The standard InChI is InChI=1S/C18H21ClN2O4S/c1-13(18(22)20-12-14-4-10-17(25-2)11-5-14)21(26(3,23)24)16-8-6-15(19)7-9-16/h4-11,13H,12H2,1-3H3,(H,20,22). The van der Waals surface area contributed by atoms with Crippen LogP contribution in [0, 0.1) is 0 Å². The van der Waals surface area contributed by atoms with E-state index in [4.69, 9.17) is 16.3 Å². The number of nitrogens with zero attached hydrogens (tertiary/aromatic N) is 1. The lowest BCUT2D eigenvalue weighted by atomic mass is 10.2. The van der Waals surface area contributed by atoms with E-state index in [1.807, 2.05) is 12.1 Å². The lowest BCUT2D eigenvalue weighted by molar-refractivity contribution is -0.122. The number of amides is 1. The minimum atomic E-state index is -3.65. The summed E-state index contributed by atoms with van der Waals surface area (Å²) in [5.41, 5.74) is 1.26. The van der Waals surface area contributed by atoms with Gasteiger partial charge in [-0.15, -0.1) is 0 Å². The van der Waals surface area contributed by atoms with E-state index in [1.54, 1.807) is 50.4 Å². The number of ether oxygens (including phenoxy) is 1. The highest BCUT2D eigenvalue weighted by Crippen LogP contribution is 2.23. The van der Waals surface area contributed by atoms with Gasteiger partial charge in [0.1, 0.15) is 11.8 Å². The van der Waals surface area contributed by atoms with E-state index in [2.05, 4.69) is 5.32 Å². The van der Waals surface area contributed by atoms with E-state index in [0.717, 1.165) is 21.9 Å². The van der Waals surface area contributed by atoms with Gasteiger partial charge in [-0.2, -0.15) is 0 Å². The SMILES string of the molecule is COc1ccc(CNC(=O)C(C)N(c2ccc(Cl)cc2)S(C)(=O)=O)cc1. The summed E-state index contributed by atoms with van der Waals surface area (Å²) in [6.45, 7) is 1.82. The summed E-state index contributed by atoms with van der Waals surface area (Å²) in [6.07, 6.45) is 1.06. The van der Waals surface area contributed by atoms with Gasteiger partial charge in [-0.1, -0.05) is 23.7 Å². The van der Waals surface area contributed by atoms with Crippen molar-refractivity contribution in [3.05, 3.63) is 59.1 Å². The normalized spacial score (nSPS) is 12.3. The molecule has 1 N–H and O–H groups in total. The lowest BCUT2D eigenvalue weighted by Crippen LogP contribution is -2.47. The molecule has 2 rings (SSSR count). The fourth-order valence-electron chi connectivity index (χ4n) is 2.48. The molecule has 2 aromatic rings. The topological polar surface area (TPSA) is 75.7 Å². The molecule has 0 aromatic heterocycles. The molecule has 6 nitrogen and oxygen atoms in total. The maximum Gasteiger partial charge on any atom is 0.243 e. The Bertz CT molecular complexity index is 852. The van der Waals surface area contributed by atoms with E-state index in [0.29, 0.717) is 10.7 Å². The minimum Gasteiger partial charge on any atom is -0.497 e. The summed E-state index contributed by atoms with van der Waals surface area (Å²) in [6, 6.07) is 12.6. The molecule has 0 aliphatic rings. The summed E-state index contributed by atoms with van der Waals surface area (Å²) >= 11 is 5.86. The molecule has 0 heterocycles. The number of anilines is 1. The first kappa shape index (κ1) is 20.1. The minimum absolute atomic E-state index is 0.283. The van der Waals surface area contributed by atoms with Crippen molar-refractivity contribution < 1.29 is 17.9 Å². The van der Waals surface area contributed by atoms with Gasteiger partial charge in [0.25, 0.3) is 0 Å². The lowest BCUT2D eigenvalue weighted by Gasteiger charge is -2.28. The van der Waals surface area contributed by atoms with Gasteiger partial charge >= 0.3 is 0 Å². The number of nitrogens with one attached hydrogen (secondary N) is 1. The van der Waals surface area contributed by atoms with Crippen molar-refractivity contribution in [2.45, 2.75) is 19.5 Å². The number of carbonyl (C=O) groups is 1. The van der Waals surface area contributed by atoms with Crippen LogP contribution in [0.3, 0.4) is 0 Å². The monoisotopic (exact) mass is 396 g/mol. The first-order chi connectivity index (χ1) is 12.2. The number of hydrogen-bond acceptors (Lipinski definition) is 4.